The first-order valence-electron chi connectivity index (χ1n) is 9.01. The third kappa shape index (κ3) is 4.07. The third-order valence-electron chi connectivity index (χ3n) is 4.77. The minimum absolute atomic E-state index is 0.114. The molecule has 4 rings (SSSR count). The summed E-state index contributed by atoms with van der Waals surface area (Å²) in [6.07, 6.45) is 2.12. The summed E-state index contributed by atoms with van der Waals surface area (Å²) in [6.45, 7) is 1.22. The molecule has 1 atom stereocenters. The first-order chi connectivity index (χ1) is 13.1. The Labute approximate surface area is 156 Å². The number of hydrogen-bond acceptors (Lipinski definition) is 4. The molecule has 0 aromatic heterocycles. The van der Waals surface area contributed by atoms with Gasteiger partial charge in [-0.3, -0.25) is 0 Å². The normalized spacial score (nSPS) is 16.5. The number of carbonyl (C=O) groups is 1. The van der Waals surface area contributed by atoms with Crippen molar-refractivity contribution >= 4 is 6.03 Å². The van der Waals surface area contributed by atoms with Crippen molar-refractivity contribution in [3.8, 4) is 17.2 Å². The summed E-state index contributed by atoms with van der Waals surface area (Å²) in [6, 6.07) is 9.35. The lowest BCUT2D eigenvalue weighted by atomic mass is 10.0. The van der Waals surface area contributed by atoms with Gasteiger partial charge in [0.2, 0.25) is 0 Å². The Balaban J connectivity index is 1.41. The highest BCUT2D eigenvalue weighted by Gasteiger charge is 2.34. The number of hydrogen-bond donors (Lipinski definition) is 3. The van der Waals surface area contributed by atoms with Gasteiger partial charge < -0.3 is 25.2 Å². The number of halogens is 1. The molecule has 27 heavy (non-hydrogen) atoms. The number of ether oxygens (including phenoxy) is 2. The lowest BCUT2D eigenvalue weighted by molar-refractivity contribution is 0.171. The van der Waals surface area contributed by atoms with E-state index in [1.54, 1.807) is 6.07 Å². The van der Waals surface area contributed by atoms with E-state index < -0.39 is 11.6 Å². The molecule has 2 aromatic carbocycles. The molecule has 1 aliphatic carbocycles. The molecular weight excluding hydrogens is 351 g/mol. The number of fused-ring (bicyclic) bond motifs is 1. The van der Waals surface area contributed by atoms with Gasteiger partial charge in [0.25, 0.3) is 0 Å². The fraction of sp³-hybridized carbons (Fsp3) is 0.350. The largest absolute Gasteiger partial charge is 0.505 e. The van der Waals surface area contributed by atoms with Gasteiger partial charge >= 0.3 is 6.03 Å². The molecule has 2 aromatic rings. The van der Waals surface area contributed by atoms with Gasteiger partial charge in [-0.2, -0.15) is 0 Å². The fourth-order valence-electron chi connectivity index (χ4n) is 3.19. The van der Waals surface area contributed by atoms with Crippen LogP contribution in [0.1, 0.15) is 30.0 Å². The number of phenols is 1. The highest BCUT2D eigenvalue weighted by atomic mass is 19.1. The van der Waals surface area contributed by atoms with Crippen molar-refractivity contribution < 1.29 is 23.8 Å². The molecule has 3 N–H and O–H groups in total. The zero-order chi connectivity index (χ0) is 18.8. The number of amides is 2. The van der Waals surface area contributed by atoms with E-state index in [4.69, 9.17) is 9.47 Å². The number of nitrogens with one attached hydrogen (secondary N) is 2. The predicted molar refractivity (Wildman–Crippen MR) is 96.3 cm³/mol. The van der Waals surface area contributed by atoms with E-state index in [9.17, 15) is 14.3 Å². The molecule has 1 aliphatic heterocycles. The zero-order valence-corrected chi connectivity index (χ0v) is 14.7. The molecule has 142 valence electrons. The summed E-state index contributed by atoms with van der Waals surface area (Å²) in [5, 5.41) is 15.0. The molecular formula is C20H21FN2O4. The van der Waals surface area contributed by atoms with Crippen molar-refractivity contribution in [2.75, 3.05) is 13.2 Å². The van der Waals surface area contributed by atoms with Crippen LogP contribution in [0.3, 0.4) is 0 Å². The van der Waals surface area contributed by atoms with E-state index in [1.165, 1.54) is 12.1 Å². The van der Waals surface area contributed by atoms with Gasteiger partial charge in [-0.05, 0) is 54.2 Å². The Morgan fingerprint density at radius 1 is 1.15 bits per heavy atom. The van der Waals surface area contributed by atoms with Crippen LogP contribution in [0, 0.1) is 11.7 Å². The summed E-state index contributed by atoms with van der Waals surface area (Å²) < 4.78 is 24.6. The van der Waals surface area contributed by atoms with Gasteiger partial charge in [-0.15, -0.1) is 0 Å². The van der Waals surface area contributed by atoms with Crippen LogP contribution in [0.4, 0.5) is 9.18 Å². The van der Waals surface area contributed by atoms with E-state index in [1.807, 2.05) is 18.2 Å². The van der Waals surface area contributed by atoms with Crippen molar-refractivity contribution in [2.24, 2.45) is 5.92 Å². The van der Waals surface area contributed by atoms with E-state index in [0.29, 0.717) is 30.4 Å². The van der Waals surface area contributed by atoms with Crippen LogP contribution in [0.2, 0.25) is 0 Å². The van der Waals surface area contributed by atoms with Crippen molar-refractivity contribution in [3.63, 3.8) is 0 Å². The number of benzene rings is 2. The van der Waals surface area contributed by atoms with E-state index in [0.717, 1.165) is 24.2 Å². The van der Waals surface area contributed by atoms with Gasteiger partial charge in [0.05, 0.1) is 6.04 Å². The smallest absolute Gasteiger partial charge is 0.315 e. The van der Waals surface area contributed by atoms with Gasteiger partial charge in [0, 0.05) is 6.54 Å². The first kappa shape index (κ1) is 17.5. The minimum Gasteiger partial charge on any atom is -0.505 e. The standard InChI is InChI=1S/C20H21FN2O4/c21-15-9-12(1-5-16(15)24)11-22-20(25)23-19(13-2-3-13)14-4-6-17-18(10-14)27-8-7-26-17/h1,4-6,9-10,13,19,24H,2-3,7-8,11H2,(H2,22,23,25). The molecule has 0 radical (unpaired) electrons. The quantitative estimate of drug-likeness (QED) is 0.753. The Morgan fingerprint density at radius 3 is 2.67 bits per heavy atom. The summed E-state index contributed by atoms with van der Waals surface area (Å²) in [7, 11) is 0. The number of carbonyl (C=O) groups excluding carboxylic acids is 1. The van der Waals surface area contributed by atoms with Crippen molar-refractivity contribution in [1.29, 1.82) is 0 Å². The molecule has 2 amide bonds. The molecule has 6 nitrogen and oxygen atoms in total. The van der Waals surface area contributed by atoms with Crippen molar-refractivity contribution in [3.05, 3.63) is 53.3 Å². The second-order valence-corrected chi connectivity index (χ2v) is 6.83. The Hall–Kier alpha value is -2.96. The number of urea groups is 1. The van der Waals surface area contributed by atoms with Crippen LogP contribution in [0.25, 0.3) is 0 Å². The van der Waals surface area contributed by atoms with Crippen LogP contribution in [0.5, 0.6) is 17.2 Å². The van der Waals surface area contributed by atoms with E-state index in [2.05, 4.69) is 10.6 Å². The summed E-state index contributed by atoms with van der Waals surface area (Å²) in [5.74, 6) is 0.700. The SMILES string of the molecule is O=C(NCc1ccc(O)c(F)c1)NC(c1ccc2c(c1)OCCO2)C1CC1. The average molecular weight is 372 g/mol. The topological polar surface area (TPSA) is 79.8 Å². The Morgan fingerprint density at radius 2 is 1.93 bits per heavy atom. The maximum absolute atomic E-state index is 13.4. The maximum atomic E-state index is 13.4. The number of aromatic hydroxyl groups is 1. The highest BCUT2D eigenvalue weighted by molar-refractivity contribution is 5.74. The van der Waals surface area contributed by atoms with Gasteiger partial charge in [-0.25, -0.2) is 9.18 Å². The highest BCUT2D eigenvalue weighted by Crippen LogP contribution is 2.43. The molecule has 0 spiro atoms. The molecule has 1 fully saturated rings. The molecule has 7 heteroatoms. The second-order valence-electron chi connectivity index (χ2n) is 6.83. The van der Waals surface area contributed by atoms with Crippen LogP contribution in [0.15, 0.2) is 36.4 Å². The predicted octanol–water partition coefficient (Wildman–Crippen LogP) is 3.25. The van der Waals surface area contributed by atoms with Gasteiger partial charge in [0.1, 0.15) is 13.2 Å². The van der Waals surface area contributed by atoms with E-state index >= 15 is 0 Å². The average Bonchev–Trinajstić information content (AvgIpc) is 3.52. The van der Waals surface area contributed by atoms with Crippen molar-refractivity contribution in [2.45, 2.75) is 25.4 Å². The fourth-order valence-corrected chi connectivity index (χ4v) is 3.19. The summed E-state index contributed by atoms with van der Waals surface area (Å²) in [5.41, 5.74) is 1.55. The minimum atomic E-state index is -0.707. The monoisotopic (exact) mass is 372 g/mol. The van der Waals surface area contributed by atoms with Crippen LogP contribution in [-0.4, -0.2) is 24.4 Å². The lowest BCUT2D eigenvalue weighted by Gasteiger charge is -2.23. The zero-order valence-electron chi connectivity index (χ0n) is 14.7. The Kier molecular flexibility index (Phi) is 4.75. The summed E-state index contributed by atoms with van der Waals surface area (Å²) in [4.78, 5) is 12.4. The number of phenolic OH excluding ortho intramolecular Hbond substituents is 1. The molecule has 0 saturated heterocycles. The van der Waals surface area contributed by atoms with Gasteiger partial charge in [0.15, 0.2) is 23.1 Å². The maximum Gasteiger partial charge on any atom is 0.315 e. The molecule has 0 bridgehead atoms. The third-order valence-corrected chi connectivity index (χ3v) is 4.77. The summed E-state index contributed by atoms with van der Waals surface area (Å²) >= 11 is 0. The van der Waals surface area contributed by atoms with Gasteiger partial charge in [-0.1, -0.05) is 12.1 Å². The Bertz CT molecular complexity index is 854. The first-order valence-corrected chi connectivity index (χ1v) is 9.01. The number of rotatable bonds is 5. The van der Waals surface area contributed by atoms with Crippen LogP contribution >= 0.6 is 0 Å². The van der Waals surface area contributed by atoms with E-state index in [-0.39, 0.29) is 18.6 Å². The van der Waals surface area contributed by atoms with Crippen LogP contribution < -0.4 is 20.1 Å². The second kappa shape index (κ2) is 7.34. The molecule has 1 heterocycles. The molecule has 1 saturated carbocycles. The lowest BCUT2D eigenvalue weighted by Crippen LogP contribution is -2.38. The van der Waals surface area contributed by atoms with Crippen molar-refractivity contribution in [1.82, 2.24) is 10.6 Å². The van der Waals surface area contributed by atoms with Crippen LogP contribution in [-0.2, 0) is 6.54 Å². The molecule has 1 unspecified atom stereocenters. The molecule has 2 aliphatic rings.